The lowest BCUT2D eigenvalue weighted by Crippen LogP contribution is -2.12. The van der Waals surface area contributed by atoms with Crippen molar-refractivity contribution in [2.75, 3.05) is 13.2 Å². The molecule has 0 saturated carbocycles. The van der Waals surface area contributed by atoms with Gasteiger partial charge in [-0.05, 0) is 78.5 Å². The van der Waals surface area contributed by atoms with Crippen LogP contribution in [0.3, 0.4) is 0 Å². The Kier molecular flexibility index (Phi) is 10.8. The van der Waals surface area contributed by atoms with Crippen molar-refractivity contribution in [2.45, 2.75) is 73.3 Å². The predicted octanol–water partition coefficient (Wildman–Crippen LogP) is 7.39. The summed E-state index contributed by atoms with van der Waals surface area (Å²) in [5, 5.41) is 0.659. The molecule has 0 amide bonds. The molecule has 0 aliphatic rings. The van der Waals surface area contributed by atoms with Gasteiger partial charge >= 0.3 is 5.63 Å². The maximum atomic E-state index is 12.9. The van der Waals surface area contributed by atoms with Gasteiger partial charge in [0.05, 0.1) is 18.1 Å². The van der Waals surface area contributed by atoms with Crippen molar-refractivity contribution in [3.8, 4) is 17.2 Å². The lowest BCUT2D eigenvalue weighted by molar-refractivity contribution is 0.240. The predicted molar refractivity (Wildman–Crippen MR) is 136 cm³/mol. The normalized spacial score (nSPS) is 11.9. The zero-order chi connectivity index (χ0) is 24.2. The highest BCUT2D eigenvalue weighted by Crippen LogP contribution is 2.37. The number of ether oxygens (including phenoxy) is 3. The minimum absolute atomic E-state index is 0.0557. The molecule has 33 heavy (non-hydrogen) atoms. The molecule has 0 spiro atoms. The summed E-state index contributed by atoms with van der Waals surface area (Å²) in [6.07, 6.45) is 12.0. The van der Waals surface area contributed by atoms with Gasteiger partial charge in [0.1, 0.15) is 6.61 Å². The van der Waals surface area contributed by atoms with Crippen molar-refractivity contribution < 1.29 is 18.6 Å². The van der Waals surface area contributed by atoms with Gasteiger partial charge in [-0.2, -0.15) is 0 Å². The van der Waals surface area contributed by atoms with E-state index in [1.54, 1.807) is 6.07 Å². The number of hydrogen-bond acceptors (Lipinski definition) is 5. The number of fused-ring (bicyclic) bond motifs is 1. The van der Waals surface area contributed by atoms with Crippen LogP contribution in [0.15, 0.2) is 62.9 Å². The maximum Gasteiger partial charge on any atom is 0.383 e. The lowest BCUT2D eigenvalue weighted by atomic mass is 10.1. The number of benzene rings is 1. The largest absolute Gasteiger partial charge is 0.488 e. The summed E-state index contributed by atoms with van der Waals surface area (Å²) in [7, 11) is 0. The fourth-order valence-corrected chi connectivity index (χ4v) is 3.24. The van der Waals surface area contributed by atoms with Gasteiger partial charge in [0.2, 0.25) is 5.75 Å². The molecular weight excluding hydrogens is 416 g/mol. The third-order valence-electron chi connectivity index (χ3n) is 4.86. The number of hydrogen-bond donors (Lipinski definition) is 0. The van der Waals surface area contributed by atoms with Crippen LogP contribution in [-0.4, -0.2) is 19.3 Å². The standard InChI is InChI=1S/C28H38O5/c1-7-8-9-10-18-30-26-23-15-12-16-24(32-21(4)5)25(23)33-28(29)27(26)31-19-17-22(6)14-11-13-20(2)3/h8-9,12-13,15-17,21H,7,10-11,14,18-19H2,1-6H3/b9-8+,22-17+. The van der Waals surface area contributed by atoms with E-state index in [4.69, 9.17) is 18.6 Å². The molecular formula is C28H38O5. The number of allylic oxidation sites excluding steroid dienone is 4. The zero-order valence-corrected chi connectivity index (χ0v) is 20.9. The SMILES string of the molecule is CC/C=C/CCOc1c(OC/C=C(\C)CCC=C(C)C)c(=O)oc2c(OC(C)C)cccc12. The Morgan fingerprint density at radius 1 is 1.03 bits per heavy atom. The molecule has 0 atom stereocenters. The topological polar surface area (TPSA) is 57.9 Å². The van der Waals surface area contributed by atoms with Crippen LogP contribution in [0.2, 0.25) is 0 Å². The van der Waals surface area contributed by atoms with E-state index in [2.05, 4.69) is 45.9 Å². The second kappa shape index (κ2) is 13.6. The lowest BCUT2D eigenvalue weighted by Gasteiger charge is -2.15. The van der Waals surface area contributed by atoms with E-state index in [0.717, 1.165) is 25.7 Å². The highest BCUT2D eigenvalue weighted by molar-refractivity contribution is 5.89. The molecule has 5 nitrogen and oxygen atoms in total. The summed E-state index contributed by atoms with van der Waals surface area (Å²) in [6, 6.07) is 5.51. The third-order valence-corrected chi connectivity index (χ3v) is 4.86. The van der Waals surface area contributed by atoms with Crippen LogP contribution in [-0.2, 0) is 0 Å². The van der Waals surface area contributed by atoms with E-state index in [-0.39, 0.29) is 18.5 Å². The monoisotopic (exact) mass is 454 g/mol. The Balaban J connectivity index is 2.33. The fraction of sp³-hybridized carbons (Fsp3) is 0.464. The molecule has 0 fully saturated rings. The second-order valence-electron chi connectivity index (χ2n) is 8.55. The molecule has 0 aliphatic carbocycles. The van der Waals surface area contributed by atoms with Crippen LogP contribution >= 0.6 is 0 Å². The van der Waals surface area contributed by atoms with Crippen LogP contribution in [0.5, 0.6) is 17.2 Å². The van der Waals surface area contributed by atoms with Gasteiger partial charge in [-0.15, -0.1) is 0 Å². The van der Waals surface area contributed by atoms with Crippen molar-refractivity contribution in [1.82, 2.24) is 0 Å². The van der Waals surface area contributed by atoms with Crippen LogP contribution in [0, 0.1) is 0 Å². The van der Waals surface area contributed by atoms with E-state index >= 15 is 0 Å². The first-order valence-electron chi connectivity index (χ1n) is 11.8. The summed E-state index contributed by atoms with van der Waals surface area (Å²) in [5.74, 6) is 1.00. The van der Waals surface area contributed by atoms with Gasteiger partial charge < -0.3 is 18.6 Å². The summed E-state index contributed by atoms with van der Waals surface area (Å²) >= 11 is 0. The van der Waals surface area contributed by atoms with Gasteiger partial charge in [-0.3, -0.25) is 0 Å². The third kappa shape index (κ3) is 8.49. The molecule has 180 valence electrons. The van der Waals surface area contributed by atoms with E-state index in [1.807, 2.05) is 32.1 Å². The minimum atomic E-state index is -0.572. The van der Waals surface area contributed by atoms with E-state index < -0.39 is 5.63 Å². The molecule has 1 heterocycles. The molecule has 1 aromatic heterocycles. The molecule has 0 unspecified atom stereocenters. The van der Waals surface area contributed by atoms with Gasteiger partial charge in [0.25, 0.3) is 0 Å². The Bertz CT molecular complexity index is 1040. The summed E-state index contributed by atoms with van der Waals surface area (Å²) < 4.78 is 23.4. The molecule has 0 bridgehead atoms. The van der Waals surface area contributed by atoms with E-state index in [9.17, 15) is 4.79 Å². The summed E-state index contributed by atoms with van der Waals surface area (Å²) in [4.78, 5) is 12.9. The van der Waals surface area contributed by atoms with E-state index in [1.165, 1.54) is 11.1 Å². The summed E-state index contributed by atoms with van der Waals surface area (Å²) in [6.45, 7) is 12.9. The highest BCUT2D eigenvalue weighted by Gasteiger charge is 2.20. The maximum absolute atomic E-state index is 12.9. The Hall–Kier alpha value is -2.95. The van der Waals surface area contributed by atoms with Crippen molar-refractivity contribution in [3.63, 3.8) is 0 Å². The van der Waals surface area contributed by atoms with Crippen LogP contribution in [0.25, 0.3) is 11.0 Å². The van der Waals surface area contributed by atoms with Crippen molar-refractivity contribution in [3.05, 3.63) is 64.1 Å². The minimum Gasteiger partial charge on any atom is -0.488 e. The smallest absolute Gasteiger partial charge is 0.383 e. The van der Waals surface area contributed by atoms with Gasteiger partial charge in [-0.25, -0.2) is 4.79 Å². The fourth-order valence-electron chi connectivity index (χ4n) is 3.24. The molecule has 2 rings (SSSR count). The average Bonchev–Trinajstić information content (AvgIpc) is 2.75. The van der Waals surface area contributed by atoms with Gasteiger partial charge in [0, 0.05) is 0 Å². The molecule has 2 aromatic rings. The average molecular weight is 455 g/mol. The second-order valence-corrected chi connectivity index (χ2v) is 8.55. The number of rotatable bonds is 13. The first-order chi connectivity index (χ1) is 15.8. The zero-order valence-electron chi connectivity index (χ0n) is 20.9. The van der Waals surface area contributed by atoms with Crippen molar-refractivity contribution in [1.29, 1.82) is 0 Å². The van der Waals surface area contributed by atoms with Crippen molar-refractivity contribution >= 4 is 11.0 Å². The Labute approximate surface area is 197 Å². The van der Waals surface area contributed by atoms with Gasteiger partial charge in [0.15, 0.2) is 17.1 Å². The molecule has 0 N–H and O–H groups in total. The Morgan fingerprint density at radius 3 is 2.52 bits per heavy atom. The molecule has 0 aliphatic heterocycles. The quantitative estimate of drug-likeness (QED) is 0.179. The molecule has 0 saturated heterocycles. The van der Waals surface area contributed by atoms with Crippen molar-refractivity contribution in [2.24, 2.45) is 0 Å². The number of para-hydroxylation sites is 1. The van der Waals surface area contributed by atoms with Crippen LogP contribution in [0.1, 0.15) is 67.2 Å². The summed E-state index contributed by atoms with van der Waals surface area (Å²) in [5.41, 5.74) is 2.31. The van der Waals surface area contributed by atoms with Crippen LogP contribution < -0.4 is 19.8 Å². The first-order valence-corrected chi connectivity index (χ1v) is 11.8. The Morgan fingerprint density at radius 2 is 1.82 bits per heavy atom. The first kappa shape index (κ1) is 26.3. The highest BCUT2D eigenvalue weighted by atomic mass is 16.5. The molecule has 0 radical (unpaired) electrons. The van der Waals surface area contributed by atoms with E-state index in [0.29, 0.717) is 29.1 Å². The van der Waals surface area contributed by atoms with Crippen LogP contribution in [0.4, 0.5) is 0 Å². The van der Waals surface area contributed by atoms with Gasteiger partial charge in [-0.1, -0.05) is 42.4 Å². The molecule has 5 heteroatoms. The molecule has 1 aromatic carbocycles.